The van der Waals surface area contributed by atoms with E-state index in [-0.39, 0.29) is 41.9 Å². The second-order valence-corrected chi connectivity index (χ2v) is 13.1. The lowest BCUT2D eigenvalue weighted by atomic mass is 9.85. The maximum absolute atomic E-state index is 13.4. The molecule has 1 aliphatic carbocycles. The van der Waals surface area contributed by atoms with Crippen LogP contribution in [0.5, 0.6) is 5.75 Å². The molecule has 0 atom stereocenters. The van der Waals surface area contributed by atoms with Gasteiger partial charge in [-0.3, -0.25) is 19.3 Å². The zero-order valence-corrected chi connectivity index (χ0v) is 29.2. The Morgan fingerprint density at radius 1 is 0.979 bits per heavy atom. The number of aliphatic imine (C=N–C) groups is 1. The van der Waals surface area contributed by atoms with Crippen molar-refractivity contribution >= 4 is 58.6 Å². The zero-order chi connectivity index (χ0) is 34.0. The number of nitrogens with zero attached hydrogens (tertiary/aromatic N) is 2. The van der Waals surface area contributed by atoms with Crippen molar-refractivity contribution in [2.45, 2.75) is 57.4 Å². The van der Waals surface area contributed by atoms with Crippen LogP contribution in [0.2, 0.25) is 0 Å². The third kappa shape index (κ3) is 12.5. The number of halogens is 1. The van der Waals surface area contributed by atoms with Gasteiger partial charge in [0.2, 0.25) is 11.8 Å². The number of alkyl halides is 1. The molecule has 2 N–H and O–H groups in total. The van der Waals surface area contributed by atoms with E-state index < -0.39 is 0 Å². The standard InChI is InChI=1S/C36H47ClN4O6S/c1-45-30-14-8-27(9-15-30)25-32-36(44)41(33(40-32)17-16-31-7-6-24-48-31)26-34(42)39-29-12-10-28(11-13-29)35(43)38-19-21-47-23-22-46-20-5-3-2-4-18-37/h6-9,14-17,24-25,28-29H,2-5,10-13,18-23,26H2,1H3,(H,38,43)(H,39,42)/b17-16+,32-25-. The van der Waals surface area contributed by atoms with Crippen LogP contribution >= 0.6 is 22.9 Å². The minimum absolute atomic E-state index is 0.0220. The highest BCUT2D eigenvalue weighted by Crippen LogP contribution is 2.25. The minimum Gasteiger partial charge on any atom is -0.497 e. The second kappa shape index (κ2) is 20.8. The summed E-state index contributed by atoms with van der Waals surface area (Å²) in [4.78, 5) is 46.3. The van der Waals surface area contributed by atoms with Crippen LogP contribution in [0.1, 0.15) is 61.8 Å². The van der Waals surface area contributed by atoms with Crippen molar-refractivity contribution in [1.29, 1.82) is 0 Å². The summed E-state index contributed by atoms with van der Waals surface area (Å²) >= 11 is 7.25. The van der Waals surface area contributed by atoms with Gasteiger partial charge in [-0.25, -0.2) is 4.99 Å². The molecule has 12 heteroatoms. The Bertz CT molecular complexity index is 1390. The van der Waals surface area contributed by atoms with Crippen molar-refractivity contribution < 1.29 is 28.6 Å². The van der Waals surface area contributed by atoms with Crippen LogP contribution in [-0.4, -0.2) is 87.0 Å². The molecule has 1 aliphatic heterocycles. The van der Waals surface area contributed by atoms with E-state index in [4.69, 9.17) is 25.8 Å². The van der Waals surface area contributed by atoms with Crippen LogP contribution in [0.15, 0.2) is 58.5 Å². The number of carbonyl (C=O) groups is 3. The molecule has 1 fully saturated rings. The number of carbonyl (C=O) groups excluding carboxylic acids is 3. The van der Waals surface area contributed by atoms with E-state index in [1.807, 2.05) is 47.9 Å². The zero-order valence-electron chi connectivity index (χ0n) is 27.7. The highest BCUT2D eigenvalue weighted by Gasteiger charge is 2.32. The Hall–Kier alpha value is -3.51. The fraction of sp³-hybridized carbons (Fsp3) is 0.500. The molecule has 2 aliphatic rings. The van der Waals surface area contributed by atoms with Gasteiger partial charge >= 0.3 is 0 Å². The summed E-state index contributed by atoms with van der Waals surface area (Å²) in [5, 5.41) is 8.02. The summed E-state index contributed by atoms with van der Waals surface area (Å²) < 4.78 is 16.4. The predicted molar refractivity (Wildman–Crippen MR) is 191 cm³/mol. The summed E-state index contributed by atoms with van der Waals surface area (Å²) in [6.07, 6.45) is 12.5. The van der Waals surface area contributed by atoms with E-state index in [2.05, 4.69) is 15.6 Å². The molecule has 1 saturated carbocycles. The van der Waals surface area contributed by atoms with Crippen LogP contribution in [0, 0.1) is 5.92 Å². The summed E-state index contributed by atoms with van der Waals surface area (Å²) in [6, 6.07) is 11.2. The van der Waals surface area contributed by atoms with Crippen LogP contribution in [0.3, 0.4) is 0 Å². The molecule has 1 aromatic heterocycles. The van der Waals surface area contributed by atoms with Gasteiger partial charge in [0.05, 0.1) is 26.9 Å². The molecule has 260 valence electrons. The number of nitrogens with one attached hydrogen (secondary N) is 2. The van der Waals surface area contributed by atoms with Crippen molar-refractivity contribution in [3.05, 3.63) is 64.0 Å². The van der Waals surface area contributed by atoms with E-state index >= 15 is 0 Å². The first-order valence-electron chi connectivity index (χ1n) is 16.7. The van der Waals surface area contributed by atoms with Crippen LogP contribution < -0.4 is 15.4 Å². The van der Waals surface area contributed by atoms with Gasteiger partial charge in [0.15, 0.2) is 0 Å². The maximum Gasteiger partial charge on any atom is 0.278 e. The van der Waals surface area contributed by atoms with E-state index in [1.54, 1.807) is 30.6 Å². The van der Waals surface area contributed by atoms with Gasteiger partial charge in [0, 0.05) is 35.9 Å². The summed E-state index contributed by atoms with van der Waals surface area (Å²) in [6.45, 7) is 2.53. The average Bonchev–Trinajstić information content (AvgIpc) is 3.72. The molecule has 2 heterocycles. The molecule has 0 bridgehead atoms. The number of methoxy groups -OCH3 is 1. The lowest BCUT2D eigenvalue weighted by molar-refractivity contribution is -0.129. The summed E-state index contributed by atoms with van der Waals surface area (Å²) in [7, 11) is 1.60. The highest BCUT2D eigenvalue weighted by molar-refractivity contribution is 7.10. The number of benzene rings is 1. The molecule has 10 nitrogen and oxygen atoms in total. The lowest BCUT2D eigenvalue weighted by Crippen LogP contribution is -2.46. The number of hydrogen-bond acceptors (Lipinski definition) is 8. The molecule has 3 amide bonds. The molecular weight excluding hydrogens is 652 g/mol. The number of ether oxygens (including phenoxy) is 3. The number of amides is 3. The van der Waals surface area contributed by atoms with Crippen molar-refractivity contribution in [1.82, 2.24) is 15.5 Å². The second-order valence-electron chi connectivity index (χ2n) is 11.7. The van der Waals surface area contributed by atoms with Gasteiger partial charge in [-0.1, -0.05) is 31.0 Å². The van der Waals surface area contributed by atoms with Gasteiger partial charge in [-0.05, 0) is 85.9 Å². The smallest absolute Gasteiger partial charge is 0.278 e. The molecule has 0 spiro atoms. The molecule has 48 heavy (non-hydrogen) atoms. The average molecular weight is 699 g/mol. The van der Waals surface area contributed by atoms with Crippen molar-refractivity contribution in [2.75, 3.05) is 52.5 Å². The number of rotatable bonds is 20. The molecule has 0 saturated heterocycles. The predicted octanol–water partition coefficient (Wildman–Crippen LogP) is 5.68. The molecule has 2 aromatic rings. The summed E-state index contributed by atoms with van der Waals surface area (Å²) in [5.74, 6) is 1.18. The maximum atomic E-state index is 13.4. The van der Waals surface area contributed by atoms with Crippen molar-refractivity contribution in [3.8, 4) is 5.75 Å². The van der Waals surface area contributed by atoms with Gasteiger partial charge in [0.1, 0.15) is 23.8 Å². The first-order valence-corrected chi connectivity index (χ1v) is 18.1. The molecule has 4 rings (SSSR count). The van der Waals surface area contributed by atoms with Gasteiger partial charge in [0.25, 0.3) is 5.91 Å². The lowest BCUT2D eigenvalue weighted by Gasteiger charge is -2.29. The van der Waals surface area contributed by atoms with Crippen LogP contribution in [-0.2, 0) is 23.9 Å². The SMILES string of the molecule is COc1ccc(/C=C2N=C(/C=C/c3cccs3)N(CC(=O)NC3CCC(C(=O)NCCOCCOCCCCCCCl)CC3)C\2=O)cc1. The number of thiophene rings is 1. The fourth-order valence-corrected chi connectivity index (χ4v) is 6.34. The van der Waals surface area contributed by atoms with E-state index in [0.717, 1.165) is 42.7 Å². The van der Waals surface area contributed by atoms with Gasteiger partial charge in [-0.15, -0.1) is 22.9 Å². The normalized spacial score (nSPS) is 18.8. The largest absolute Gasteiger partial charge is 0.497 e. The monoisotopic (exact) mass is 698 g/mol. The Morgan fingerprint density at radius 2 is 1.73 bits per heavy atom. The Labute approximate surface area is 292 Å². The summed E-state index contributed by atoms with van der Waals surface area (Å²) in [5.41, 5.74) is 1.06. The third-order valence-corrected chi connectivity index (χ3v) is 9.29. The fourth-order valence-electron chi connectivity index (χ4n) is 5.53. The van der Waals surface area contributed by atoms with E-state index in [9.17, 15) is 14.4 Å². The van der Waals surface area contributed by atoms with Crippen molar-refractivity contribution in [2.24, 2.45) is 10.9 Å². The molecule has 0 radical (unpaired) electrons. The Kier molecular flexibility index (Phi) is 16.1. The first-order chi connectivity index (χ1) is 23.5. The molecular formula is C36H47ClN4O6S. The number of amidine groups is 1. The Morgan fingerprint density at radius 3 is 2.44 bits per heavy atom. The topological polar surface area (TPSA) is 119 Å². The van der Waals surface area contributed by atoms with Crippen molar-refractivity contribution in [3.63, 3.8) is 0 Å². The number of unbranched alkanes of at least 4 members (excludes halogenated alkanes) is 3. The quantitative estimate of drug-likeness (QED) is 0.105. The van der Waals surface area contributed by atoms with Gasteiger partial charge < -0.3 is 24.8 Å². The highest BCUT2D eigenvalue weighted by atomic mass is 35.5. The number of hydrogen-bond donors (Lipinski definition) is 2. The van der Waals surface area contributed by atoms with Gasteiger partial charge in [-0.2, -0.15) is 0 Å². The van der Waals surface area contributed by atoms with Crippen LogP contribution in [0.25, 0.3) is 12.2 Å². The molecule has 1 aromatic carbocycles. The van der Waals surface area contributed by atoms with E-state index in [1.165, 1.54) is 4.90 Å². The Balaban J connectivity index is 1.17. The van der Waals surface area contributed by atoms with Crippen LogP contribution in [0.4, 0.5) is 0 Å². The minimum atomic E-state index is -0.336. The van der Waals surface area contributed by atoms with E-state index in [0.29, 0.717) is 69.5 Å². The first kappa shape index (κ1) is 37.3. The molecule has 0 unspecified atom stereocenters. The third-order valence-electron chi connectivity index (χ3n) is 8.19.